The smallest absolute Gasteiger partial charge is 0.373 e. The second kappa shape index (κ2) is 7.61. The topological polar surface area (TPSA) is 55.4 Å². The van der Waals surface area contributed by atoms with Crippen LogP contribution in [0.4, 0.5) is 13.2 Å². The summed E-state index contributed by atoms with van der Waals surface area (Å²) in [5, 5.41) is 0. The molecule has 27 heavy (non-hydrogen) atoms. The molecule has 1 fully saturated rings. The summed E-state index contributed by atoms with van der Waals surface area (Å²) in [5.41, 5.74) is 0.849. The molecule has 0 radical (unpaired) electrons. The maximum atomic E-state index is 12.7. The molecule has 0 aliphatic carbocycles. The summed E-state index contributed by atoms with van der Waals surface area (Å²) >= 11 is 0. The van der Waals surface area contributed by atoms with Gasteiger partial charge in [0.05, 0.1) is 16.6 Å². The van der Waals surface area contributed by atoms with Gasteiger partial charge in [-0.15, -0.1) is 0 Å². The first-order valence-electron chi connectivity index (χ1n) is 8.52. The van der Waals surface area contributed by atoms with Crippen LogP contribution in [0.15, 0.2) is 53.4 Å². The van der Waals surface area contributed by atoms with Crippen LogP contribution in [0, 0.1) is 12.8 Å². The van der Waals surface area contributed by atoms with Crippen molar-refractivity contribution < 1.29 is 26.3 Å². The van der Waals surface area contributed by atoms with Gasteiger partial charge in [-0.25, -0.2) is 13.1 Å². The molecule has 2 aromatic rings. The average molecular weight is 399 g/mol. The highest BCUT2D eigenvalue weighted by Crippen LogP contribution is 2.36. The molecule has 4 nitrogen and oxygen atoms in total. The van der Waals surface area contributed by atoms with Crippen LogP contribution in [0.5, 0.6) is 0 Å². The molecule has 3 rings (SSSR count). The molecule has 146 valence electrons. The molecular formula is C19H20F3NO3S. The summed E-state index contributed by atoms with van der Waals surface area (Å²) < 4.78 is 71.2. The molecule has 8 heteroatoms. The number of sulfonamides is 1. The van der Waals surface area contributed by atoms with Crippen molar-refractivity contribution in [1.29, 1.82) is 0 Å². The van der Waals surface area contributed by atoms with E-state index in [0.717, 1.165) is 17.7 Å². The Bertz CT molecular complexity index is 878. The minimum Gasteiger partial charge on any atom is -0.373 e. The second-order valence-electron chi connectivity index (χ2n) is 6.62. The van der Waals surface area contributed by atoms with Gasteiger partial charge in [0.25, 0.3) is 0 Å². The second-order valence-corrected chi connectivity index (χ2v) is 8.39. The van der Waals surface area contributed by atoms with Crippen LogP contribution in [-0.4, -0.2) is 21.6 Å². The van der Waals surface area contributed by atoms with Gasteiger partial charge in [-0.1, -0.05) is 29.8 Å². The molecule has 0 spiro atoms. The normalized spacial score (nSPS) is 20.7. The third-order valence-electron chi connectivity index (χ3n) is 4.65. The van der Waals surface area contributed by atoms with E-state index < -0.39 is 27.9 Å². The van der Waals surface area contributed by atoms with E-state index in [1.807, 2.05) is 6.92 Å². The minimum atomic E-state index is -4.39. The summed E-state index contributed by atoms with van der Waals surface area (Å²) in [6.07, 6.45) is -4.20. The van der Waals surface area contributed by atoms with Gasteiger partial charge in [-0.2, -0.15) is 13.2 Å². The molecule has 2 atom stereocenters. The van der Waals surface area contributed by atoms with Crippen molar-refractivity contribution in [3.05, 3.63) is 65.2 Å². The van der Waals surface area contributed by atoms with Crippen LogP contribution in [0.25, 0.3) is 0 Å². The van der Waals surface area contributed by atoms with Gasteiger partial charge in [0.15, 0.2) is 0 Å². The van der Waals surface area contributed by atoms with Gasteiger partial charge in [0.2, 0.25) is 10.0 Å². The Morgan fingerprint density at radius 1 is 1.07 bits per heavy atom. The Balaban J connectivity index is 1.69. The molecule has 1 aliphatic heterocycles. The van der Waals surface area contributed by atoms with Gasteiger partial charge in [0.1, 0.15) is 0 Å². The molecule has 0 saturated carbocycles. The van der Waals surface area contributed by atoms with Crippen molar-refractivity contribution >= 4 is 10.0 Å². The molecular weight excluding hydrogens is 379 g/mol. The fourth-order valence-corrected chi connectivity index (χ4v) is 4.19. The SMILES string of the molecule is Cc1ccc(S(=O)(=O)NC[C@@H]2CCO[C@@H]2c2ccc(C(F)(F)F)cc2)cc1. The molecule has 0 aromatic heterocycles. The highest BCUT2D eigenvalue weighted by Gasteiger charge is 2.33. The molecule has 1 saturated heterocycles. The summed E-state index contributed by atoms with van der Waals surface area (Å²) in [6, 6.07) is 11.3. The number of hydrogen-bond donors (Lipinski definition) is 1. The maximum absolute atomic E-state index is 12.7. The van der Waals surface area contributed by atoms with Crippen LogP contribution < -0.4 is 4.72 Å². The summed E-state index contributed by atoms with van der Waals surface area (Å²) in [7, 11) is -3.65. The Labute approximate surface area is 156 Å². The molecule has 1 heterocycles. The molecule has 0 amide bonds. The van der Waals surface area contributed by atoms with E-state index in [1.54, 1.807) is 12.1 Å². The fourth-order valence-electron chi connectivity index (χ4n) is 3.09. The van der Waals surface area contributed by atoms with Gasteiger partial charge in [0, 0.05) is 19.1 Å². The highest BCUT2D eigenvalue weighted by atomic mass is 32.2. The van der Waals surface area contributed by atoms with E-state index in [9.17, 15) is 21.6 Å². The largest absolute Gasteiger partial charge is 0.416 e. The molecule has 1 aliphatic rings. The fraction of sp³-hybridized carbons (Fsp3) is 0.368. The van der Waals surface area contributed by atoms with Gasteiger partial charge < -0.3 is 4.74 Å². The lowest BCUT2D eigenvalue weighted by atomic mass is 9.95. The number of alkyl halides is 3. The monoisotopic (exact) mass is 399 g/mol. The van der Waals surface area contributed by atoms with Gasteiger partial charge in [-0.3, -0.25) is 0 Å². The van der Waals surface area contributed by atoms with E-state index in [-0.39, 0.29) is 17.4 Å². The van der Waals surface area contributed by atoms with Crippen LogP contribution in [0.1, 0.15) is 29.2 Å². The van der Waals surface area contributed by atoms with Crippen molar-refractivity contribution in [1.82, 2.24) is 4.72 Å². The first-order chi connectivity index (χ1) is 12.7. The number of benzene rings is 2. The number of rotatable bonds is 5. The number of aryl methyl sites for hydroxylation is 1. The van der Waals surface area contributed by atoms with Crippen molar-refractivity contribution in [2.24, 2.45) is 5.92 Å². The summed E-state index contributed by atoms with van der Waals surface area (Å²) in [4.78, 5) is 0.179. The van der Waals surface area contributed by atoms with E-state index in [4.69, 9.17) is 4.74 Å². The average Bonchev–Trinajstić information content (AvgIpc) is 3.08. The molecule has 0 unspecified atom stereocenters. The lowest BCUT2D eigenvalue weighted by molar-refractivity contribution is -0.137. The van der Waals surface area contributed by atoms with Gasteiger partial charge in [-0.05, 0) is 43.2 Å². The van der Waals surface area contributed by atoms with Crippen LogP contribution in [0.2, 0.25) is 0 Å². The van der Waals surface area contributed by atoms with Crippen molar-refractivity contribution in [2.75, 3.05) is 13.2 Å². The zero-order valence-electron chi connectivity index (χ0n) is 14.7. The number of hydrogen-bond acceptors (Lipinski definition) is 3. The van der Waals surface area contributed by atoms with Crippen molar-refractivity contribution in [2.45, 2.75) is 30.5 Å². The molecule has 1 N–H and O–H groups in total. The van der Waals surface area contributed by atoms with Crippen LogP contribution >= 0.6 is 0 Å². The third-order valence-corrected chi connectivity index (χ3v) is 6.09. The summed E-state index contributed by atoms with van der Waals surface area (Å²) in [6.45, 7) is 2.46. The quantitative estimate of drug-likeness (QED) is 0.825. The Morgan fingerprint density at radius 2 is 1.70 bits per heavy atom. The molecule has 2 aromatic carbocycles. The number of ether oxygens (including phenoxy) is 1. The number of nitrogens with one attached hydrogen (secondary N) is 1. The standard InChI is InChI=1S/C19H20F3NO3S/c1-13-2-8-17(9-3-13)27(24,25)23-12-15-10-11-26-18(15)14-4-6-16(7-5-14)19(20,21)22/h2-9,15,18,23H,10-12H2,1H3/t15-,18+/m0/s1. The summed E-state index contributed by atoms with van der Waals surface area (Å²) in [5.74, 6) is -0.151. The first kappa shape index (κ1) is 19.9. The van der Waals surface area contributed by atoms with E-state index in [0.29, 0.717) is 18.6 Å². The van der Waals surface area contributed by atoms with Crippen molar-refractivity contribution in [3.8, 4) is 0 Å². The zero-order valence-corrected chi connectivity index (χ0v) is 15.5. The van der Waals surface area contributed by atoms with E-state index in [2.05, 4.69) is 4.72 Å². The predicted molar refractivity (Wildman–Crippen MR) is 94.6 cm³/mol. The Hall–Kier alpha value is -1.90. The predicted octanol–water partition coefficient (Wildman–Crippen LogP) is 4.07. The number of halogens is 3. The lowest BCUT2D eigenvalue weighted by Crippen LogP contribution is -2.30. The Morgan fingerprint density at radius 3 is 2.30 bits per heavy atom. The van der Waals surface area contributed by atoms with Crippen LogP contribution in [0.3, 0.4) is 0 Å². The lowest BCUT2D eigenvalue weighted by Gasteiger charge is -2.20. The van der Waals surface area contributed by atoms with Crippen molar-refractivity contribution in [3.63, 3.8) is 0 Å². The third kappa shape index (κ3) is 4.69. The van der Waals surface area contributed by atoms with E-state index in [1.165, 1.54) is 24.3 Å². The zero-order chi connectivity index (χ0) is 19.7. The minimum absolute atomic E-state index is 0.151. The van der Waals surface area contributed by atoms with Gasteiger partial charge >= 0.3 is 6.18 Å². The first-order valence-corrected chi connectivity index (χ1v) is 10.0. The van der Waals surface area contributed by atoms with E-state index >= 15 is 0 Å². The maximum Gasteiger partial charge on any atom is 0.416 e. The Kier molecular flexibility index (Phi) is 5.60. The molecule has 0 bridgehead atoms. The highest BCUT2D eigenvalue weighted by molar-refractivity contribution is 7.89. The van der Waals surface area contributed by atoms with Crippen LogP contribution in [-0.2, 0) is 20.9 Å².